The molecule has 0 aromatic carbocycles. The van der Waals surface area contributed by atoms with E-state index in [1.165, 1.54) is 12.8 Å². The number of nitrogens with two attached hydrogens (primary N) is 1. The maximum atomic E-state index is 5.69. The number of pyridine rings is 1. The van der Waals surface area contributed by atoms with Crippen LogP contribution in [0.5, 0.6) is 0 Å². The van der Waals surface area contributed by atoms with Crippen molar-refractivity contribution < 1.29 is 4.74 Å². The van der Waals surface area contributed by atoms with Gasteiger partial charge in [0.05, 0.1) is 18.0 Å². The van der Waals surface area contributed by atoms with Crippen LogP contribution in [0.15, 0.2) is 12.1 Å². The fraction of sp³-hybridized carbons (Fsp3) is 0.583. The van der Waals surface area contributed by atoms with Gasteiger partial charge >= 0.3 is 0 Å². The quantitative estimate of drug-likeness (QED) is 0.719. The molecule has 0 saturated heterocycles. The Morgan fingerprint density at radius 1 is 1.50 bits per heavy atom. The Kier molecular flexibility index (Phi) is 3.62. The van der Waals surface area contributed by atoms with Crippen LogP contribution in [0.4, 0.5) is 11.5 Å². The molecule has 88 valence electrons. The molecule has 16 heavy (non-hydrogen) atoms. The van der Waals surface area contributed by atoms with E-state index in [4.69, 9.17) is 10.5 Å². The first-order valence-corrected chi connectivity index (χ1v) is 5.80. The summed E-state index contributed by atoms with van der Waals surface area (Å²) in [4.78, 5) is 4.33. The maximum Gasteiger partial charge on any atom is 0.126 e. The molecule has 0 spiro atoms. The highest BCUT2D eigenvalue weighted by atomic mass is 16.5. The van der Waals surface area contributed by atoms with Gasteiger partial charge in [0.2, 0.25) is 0 Å². The highest BCUT2D eigenvalue weighted by Crippen LogP contribution is 2.28. The Hall–Kier alpha value is -1.29. The molecule has 0 aliphatic heterocycles. The molecule has 0 unspecified atom stereocenters. The smallest absolute Gasteiger partial charge is 0.126 e. The van der Waals surface area contributed by atoms with Crippen molar-refractivity contribution in [1.82, 2.24) is 4.98 Å². The van der Waals surface area contributed by atoms with Crippen molar-refractivity contribution in [3.05, 3.63) is 17.8 Å². The van der Waals surface area contributed by atoms with Crippen molar-refractivity contribution in [3.63, 3.8) is 0 Å². The monoisotopic (exact) mass is 221 g/mol. The van der Waals surface area contributed by atoms with Gasteiger partial charge in [0.15, 0.2) is 0 Å². The summed E-state index contributed by atoms with van der Waals surface area (Å²) in [5.74, 6) is 1.69. The zero-order valence-corrected chi connectivity index (χ0v) is 9.70. The summed E-state index contributed by atoms with van der Waals surface area (Å²) in [6.07, 6.45) is 2.68. The summed E-state index contributed by atoms with van der Waals surface area (Å²) < 4.78 is 5.52. The maximum absolute atomic E-state index is 5.69. The van der Waals surface area contributed by atoms with Crippen LogP contribution in [0, 0.1) is 12.8 Å². The van der Waals surface area contributed by atoms with Gasteiger partial charge in [0, 0.05) is 13.2 Å². The number of rotatable bonds is 6. The van der Waals surface area contributed by atoms with Crippen LogP contribution >= 0.6 is 0 Å². The number of nitrogens with one attached hydrogen (secondary N) is 1. The summed E-state index contributed by atoms with van der Waals surface area (Å²) in [5.41, 5.74) is 7.29. The fourth-order valence-electron chi connectivity index (χ4n) is 1.46. The van der Waals surface area contributed by atoms with Crippen molar-refractivity contribution >= 4 is 11.5 Å². The summed E-state index contributed by atoms with van der Waals surface area (Å²) in [5, 5.41) is 3.22. The van der Waals surface area contributed by atoms with Crippen LogP contribution in [0.1, 0.15) is 18.5 Å². The minimum atomic E-state index is 0.732. The van der Waals surface area contributed by atoms with Crippen LogP contribution in [0.2, 0.25) is 0 Å². The van der Waals surface area contributed by atoms with E-state index in [2.05, 4.69) is 10.3 Å². The van der Waals surface area contributed by atoms with Gasteiger partial charge in [-0.3, -0.25) is 0 Å². The van der Waals surface area contributed by atoms with E-state index in [9.17, 15) is 0 Å². The number of hydrogen-bond acceptors (Lipinski definition) is 4. The summed E-state index contributed by atoms with van der Waals surface area (Å²) in [6, 6.07) is 3.76. The van der Waals surface area contributed by atoms with Gasteiger partial charge in [0.25, 0.3) is 0 Å². The lowest BCUT2D eigenvalue weighted by molar-refractivity contribution is 0.134. The van der Waals surface area contributed by atoms with Gasteiger partial charge in [-0.05, 0) is 37.8 Å². The van der Waals surface area contributed by atoms with Crippen molar-refractivity contribution in [1.29, 1.82) is 0 Å². The first kappa shape index (κ1) is 11.2. The highest BCUT2D eigenvalue weighted by Gasteiger charge is 2.20. The summed E-state index contributed by atoms with van der Waals surface area (Å²) in [7, 11) is 0. The molecule has 0 amide bonds. The van der Waals surface area contributed by atoms with Gasteiger partial charge in [-0.25, -0.2) is 4.98 Å². The topological polar surface area (TPSA) is 60.2 Å². The van der Waals surface area contributed by atoms with Gasteiger partial charge in [-0.1, -0.05) is 0 Å². The molecule has 1 saturated carbocycles. The Morgan fingerprint density at radius 3 is 3.00 bits per heavy atom. The molecule has 1 aliphatic rings. The van der Waals surface area contributed by atoms with E-state index in [0.29, 0.717) is 0 Å². The minimum absolute atomic E-state index is 0.732. The van der Waals surface area contributed by atoms with Gasteiger partial charge in [0.1, 0.15) is 5.82 Å². The third-order valence-electron chi connectivity index (χ3n) is 2.73. The SMILES string of the molecule is Cc1nc(NCCOCC2CC2)ccc1N. The van der Waals surface area contributed by atoms with Crippen molar-refractivity contribution in [2.45, 2.75) is 19.8 Å². The third-order valence-corrected chi connectivity index (χ3v) is 2.73. The molecule has 0 radical (unpaired) electrons. The van der Waals surface area contributed by atoms with E-state index in [0.717, 1.165) is 42.9 Å². The zero-order valence-electron chi connectivity index (χ0n) is 9.70. The first-order valence-electron chi connectivity index (χ1n) is 5.80. The van der Waals surface area contributed by atoms with Crippen molar-refractivity contribution in [3.8, 4) is 0 Å². The molecule has 1 fully saturated rings. The van der Waals surface area contributed by atoms with Crippen LogP contribution in [-0.2, 0) is 4.74 Å². The Bertz CT molecular complexity index is 350. The second kappa shape index (κ2) is 5.16. The first-order chi connectivity index (χ1) is 7.75. The van der Waals surface area contributed by atoms with Crippen molar-refractivity contribution in [2.24, 2.45) is 5.92 Å². The van der Waals surface area contributed by atoms with Crippen LogP contribution < -0.4 is 11.1 Å². The van der Waals surface area contributed by atoms with Crippen LogP contribution in [-0.4, -0.2) is 24.7 Å². The number of nitrogen functional groups attached to an aromatic ring is 1. The lowest BCUT2D eigenvalue weighted by Crippen LogP contribution is -2.12. The van der Waals surface area contributed by atoms with E-state index in [1.807, 2.05) is 19.1 Å². The minimum Gasteiger partial charge on any atom is -0.397 e. The number of anilines is 2. The highest BCUT2D eigenvalue weighted by molar-refractivity contribution is 5.48. The second-order valence-electron chi connectivity index (χ2n) is 4.32. The van der Waals surface area contributed by atoms with E-state index >= 15 is 0 Å². The molecule has 1 aromatic heterocycles. The lowest BCUT2D eigenvalue weighted by atomic mass is 10.3. The van der Waals surface area contributed by atoms with Gasteiger partial charge in [-0.2, -0.15) is 0 Å². The molecule has 3 N–H and O–H groups in total. The summed E-state index contributed by atoms with van der Waals surface area (Å²) in [6.45, 7) is 4.35. The second-order valence-corrected chi connectivity index (χ2v) is 4.32. The Morgan fingerprint density at radius 2 is 2.31 bits per heavy atom. The third kappa shape index (κ3) is 3.38. The molecular formula is C12H19N3O. The molecule has 2 rings (SSSR count). The van der Waals surface area contributed by atoms with Crippen LogP contribution in [0.25, 0.3) is 0 Å². The number of nitrogens with zero attached hydrogens (tertiary/aromatic N) is 1. The average Bonchev–Trinajstić information content (AvgIpc) is 3.07. The number of ether oxygens (including phenoxy) is 1. The van der Waals surface area contributed by atoms with E-state index in [-0.39, 0.29) is 0 Å². The molecule has 1 aliphatic carbocycles. The molecule has 0 bridgehead atoms. The number of hydrogen-bond donors (Lipinski definition) is 2. The van der Waals surface area contributed by atoms with Crippen LogP contribution in [0.3, 0.4) is 0 Å². The number of aryl methyl sites for hydroxylation is 1. The fourth-order valence-corrected chi connectivity index (χ4v) is 1.46. The average molecular weight is 221 g/mol. The molecular weight excluding hydrogens is 202 g/mol. The lowest BCUT2D eigenvalue weighted by Gasteiger charge is -2.07. The predicted molar refractivity (Wildman–Crippen MR) is 65.4 cm³/mol. The van der Waals surface area contributed by atoms with E-state index in [1.54, 1.807) is 0 Å². The van der Waals surface area contributed by atoms with Crippen molar-refractivity contribution in [2.75, 3.05) is 30.8 Å². The normalized spacial score (nSPS) is 15.1. The molecule has 0 atom stereocenters. The molecule has 4 nitrogen and oxygen atoms in total. The molecule has 1 heterocycles. The van der Waals surface area contributed by atoms with E-state index < -0.39 is 0 Å². The largest absolute Gasteiger partial charge is 0.397 e. The number of aromatic nitrogens is 1. The predicted octanol–water partition coefficient (Wildman–Crippen LogP) is 1.81. The zero-order chi connectivity index (χ0) is 11.4. The van der Waals surface area contributed by atoms with Gasteiger partial charge in [-0.15, -0.1) is 0 Å². The van der Waals surface area contributed by atoms with Gasteiger partial charge < -0.3 is 15.8 Å². The molecule has 4 heteroatoms. The Labute approximate surface area is 96.2 Å². The standard InChI is InChI=1S/C12H19N3O/c1-9-11(13)4-5-12(15-9)14-6-7-16-8-10-2-3-10/h4-5,10H,2-3,6-8,13H2,1H3,(H,14,15). The Balaban J connectivity index is 1.65. The summed E-state index contributed by atoms with van der Waals surface area (Å²) >= 11 is 0. The molecule has 1 aromatic rings.